The minimum absolute atomic E-state index is 0.0757. The molecule has 6 heteroatoms. The molecular formula is C12H23N3O3. The van der Waals surface area contributed by atoms with Crippen LogP contribution in [0.25, 0.3) is 0 Å². The Morgan fingerprint density at radius 1 is 1.17 bits per heavy atom. The maximum Gasteiger partial charge on any atom is 0.225 e. The first-order valence-corrected chi connectivity index (χ1v) is 6.43. The number of amides is 1. The van der Waals surface area contributed by atoms with Crippen molar-refractivity contribution in [1.29, 1.82) is 0 Å². The van der Waals surface area contributed by atoms with Gasteiger partial charge in [-0.25, -0.2) is 0 Å². The van der Waals surface area contributed by atoms with Gasteiger partial charge in [0, 0.05) is 5.92 Å². The molecule has 6 nitrogen and oxygen atoms in total. The van der Waals surface area contributed by atoms with Crippen LogP contribution in [0.4, 0.5) is 0 Å². The molecule has 1 heterocycles. The van der Waals surface area contributed by atoms with Crippen LogP contribution >= 0.6 is 0 Å². The molecule has 1 aliphatic heterocycles. The molecular weight excluding hydrogens is 234 g/mol. The summed E-state index contributed by atoms with van der Waals surface area (Å²) in [5.74, 6) is -0.300. The number of rotatable bonds is 3. The molecule has 0 bridgehead atoms. The molecule has 1 rings (SSSR count). The monoisotopic (exact) mass is 257 g/mol. The van der Waals surface area contributed by atoms with Gasteiger partial charge >= 0.3 is 0 Å². The molecule has 0 spiro atoms. The number of hydrogen-bond acceptors (Lipinski definition) is 5. The Hall–Kier alpha value is -1.01. The molecule has 0 aromatic carbocycles. The first-order valence-electron chi connectivity index (χ1n) is 6.43. The van der Waals surface area contributed by atoms with E-state index in [1.54, 1.807) is 27.7 Å². The first kappa shape index (κ1) is 15.0. The minimum Gasteiger partial charge on any atom is -0.366 e. The van der Waals surface area contributed by atoms with E-state index >= 15 is 0 Å². The number of β-amino-alcohol motifs (C(OH)–C–C–N with tert-alkyl or cyclic N) is 2. The highest BCUT2D eigenvalue weighted by Crippen LogP contribution is 2.26. The van der Waals surface area contributed by atoms with Gasteiger partial charge in [-0.1, -0.05) is 27.7 Å². The predicted molar refractivity (Wildman–Crippen MR) is 66.8 cm³/mol. The third-order valence-electron chi connectivity index (χ3n) is 3.25. The van der Waals surface area contributed by atoms with E-state index in [1.165, 1.54) is 4.90 Å². The van der Waals surface area contributed by atoms with Gasteiger partial charge in [0.15, 0.2) is 11.4 Å². The number of hydrogen-bond donors (Lipinski definition) is 2. The van der Waals surface area contributed by atoms with E-state index in [1.807, 2.05) is 0 Å². The summed E-state index contributed by atoms with van der Waals surface area (Å²) in [6.45, 7) is 7.27. The summed E-state index contributed by atoms with van der Waals surface area (Å²) < 4.78 is 0. The fourth-order valence-corrected chi connectivity index (χ4v) is 1.80. The number of carbonyl (C=O) groups is 1. The van der Waals surface area contributed by atoms with Crippen molar-refractivity contribution in [3.63, 3.8) is 0 Å². The molecule has 2 unspecified atom stereocenters. The smallest absolute Gasteiger partial charge is 0.225 e. The fourth-order valence-electron chi connectivity index (χ4n) is 1.80. The van der Waals surface area contributed by atoms with Gasteiger partial charge in [-0.3, -0.25) is 4.79 Å². The van der Waals surface area contributed by atoms with Crippen molar-refractivity contribution in [2.45, 2.75) is 52.0 Å². The van der Waals surface area contributed by atoms with Crippen LogP contribution in [-0.2, 0) is 4.79 Å². The van der Waals surface area contributed by atoms with Crippen LogP contribution in [0.1, 0.15) is 40.5 Å². The molecule has 0 radical (unpaired) electrons. The second-order valence-corrected chi connectivity index (χ2v) is 5.22. The molecule has 0 fully saturated rings. The van der Waals surface area contributed by atoms with E-state index in [0.717, 1.165) is 0 Å². The maximum atomic E-state index is 12.1. The zero-order valence-electron chi connectivity index (χ0n) is 11.6. The Morgan fingerprint density at radius 2 is 1.56 bits per heavy atom. The van der Waals surface area contributed by atoms with Crippen molar-refractivity contribution < 1.29 is 15.0 Å². The minimum atomic E-state index is -1.40. The van der Waals surface area contributed by atoms with Crippen LogP contribution in [0.15, 0.2) is 10.2 Å². The van der Waals surface area contributed by atoms with Gasteiger partial charge in [0.25, 0.3) is 0 Å². The van der Waals surface area contributed by atoms with Gasteiger partial charge in [0.05, 0.1) is 13.1 Å². The number of azo groups is 1. The van der Waals surface area contributed by atoms with E-state index in [0.29, 0.717) is 12.8 Å². The molecule has 1 amide bonds. The second-order valence-electron chi connectivity index (χ2n) is 5.22. The second kappa shape index (κ2) is 5.32. The Balaban J connectivity index is 3.03. The molecule has 0 saturated carbocycles. The van der Waals surface area contributed by atoms with Crippen LogP contribution in [0.3, 0.4) is 0 Å². The molecule has 0 saturated heterocycles. The summed E-state index contributed by atoms with van der Waals surface area (Å²) in [6.07, 6.45) is 0.691. The van der Waals surface area contributed by atoms with Crippen LogP contribution in [0.5, 0.6) is 0 Å². The van der Waals surface area contributed by atoms with Gasteiger partial charge in [0.1, 0.15) is 0 Å². The highest BCUT2D eigenvalue weighted by atomic mass is 16.3. The van der Waals surface area contributed by atoms with E-state index in [-0.39, 0.29) is 24.9 Å². The Kier molecular flexibility index (Phi) is 4.45. The van der Waals surface area contributed by atoms with Gasteiger partial charge < -0.3 is 15.1 Å². The molecule has 104 valence electrons. The molecule has 0 aromatic heterocycles. The number of carbonyl (C=O) groups excluding carboxylic acids is 1. The lowest BCUT2D eigenvalue weighted by Crippen LogP contribution is -2.49. The molecule has 18 heavy (non-hydrogen) atoms. The zero-order valence-corrected chi connectivity index (χ0v) is 11.6. The fraction of sp³-hybridized carbons (Fsp3) is 0.917. The summed E-state index contributed by atoms with van der Waals surface area (Å²) in [5.41, 5.74) is -2.80. The third-order valence-corrected chi connectivity index (χ3v) is 3.25. The van der Waals surface area contributed by atoms with Crippen molar-refractivity contribution in [1.82, 2.24) is 4.90 Å². The van der Waals surface area contributed by atoms with Crippen molar-refractivity contribution in [2.75, 3.05) is 13.1 Å². The normalized spacial score (nSPS) is 32.7. The average molecular weight is 257 g/mol. The summed E-state index contributed by atoms with van der Waals surface area (Å²) in [6, 6.07) is 0. The van der Waals surface area contributed by atoms with Gasteiger partial charge in [-0.2, -0.15) is 10.2 Å². The quantitative estimate of drug-likeness (QED) is 0.794. The lowest BCUT2D eigenvalue weighted by Gasteiger charge is -2.31. The molecule has 0 aromatic rings. The first-order chi connectivity index (χ1) is 8.25. The standard InChI is InChI=1S/C12H23N3O3/c1-5-11(17)7-15(10(16)9(3)4)8-12(18,6-2)14-13-11/h9,17-18H,5-8H2,1-4H3. The lowest BCUT2D eigenvalue weighted by molar-refractivity contribution is -0.140. The molecule has 1 aliphatic rings. The highest BCUT2D eigenvalue weighted by Gasteiger charge is 2.39. The van der Waals surface area contributed by atoms with Crippen molar-refractivity contribution in [3.8, 4) is 0 Å². The molecule has 0 aliphatic carbocycles. The van der Waals surface area contributed by atoms with Gasteiger partial charge in [-0.05, 0) is 12.8 Å². The van der Waals surface area contributed by atoms with E-state index < -0.39 is 11.4 Å². The maximum absolute atomic E-state index is 12.1. The van der Waals surface area contributed by atoms with E-state index in [4.69, 9.17) is 0 Å². The van der Waals surface area contributed by atoms with Gasteiger partial charge in [-0.15, -0.1) is 0 Å². The Bertz CT molecular complexity index is 323. The number of nitrogens with zero attached hydrogens (tertiary/aromatic N) is 3. The Labute approximate surface area is 108 Å². The zero-order chi connectivity index (χ0) is 14.0. The van der Waals surface area contributed by atoms with E-state index in [9.17, 15) is 15.0 Å². The van der Waals surface area contributed by atoms with Crippen LogP contribution in [-0.4, -0.2) is 45.6 Å². The predicted octanol–water partition coefficient (Wildman–Crippen LogP) is 1.13. The van der Waals surface area contributed by atoms with Gasteiger partial charge in [0.2, 0.25) is 5.91 Å². The summed E-state index contributed by atoms with van der Waals surface area (Å²) in [5, 5.41) is 28.1. The molecule has 2 atom stereocenters. The summed E-state index contributed by atoms with van der Waals surface area (Å²) in [7, 11) is 0. The number of aliphatic hydroxyl groups is 2. The third kappa shape index (κ3) is 3.26. The Morgan fingerprint density at radius 3 is 1.83 bits per heavy atom. The molecule has 2 N–H and O–H groups in total. The summed E-state index contributed by atoms with van der Waals surface area (Å²) in [4.78, 5) is 13.5. The largest absolute Gasteiger partial charge is 0.366 e. The van der Waals surface area contributed by atoms with Crippen molar-refractivity contribution in [3.05, 3.63) is 0 Å². The average Bonchev–Trinajstić information content (AvgIpc) is 2.47. The van der Waals surface area contributed by atoms with E-state index in [2.05, 4.69) is 10.2 Å². The summed E-state index contributed by atoms with van der Waals surface area (Å²) >= 11 is 0. The van der Waals surface area contributed by atoms with Crippen molar-refractivity contribution in [2.24, 2.45) is 16.1 Å². The van der Waals surface area contributed by atoms with Crippen LogP contribution < -0.4 is 0 Å². The van der Waals surface area contributed by atoms with Crippen LogP contribution in [0.2, 0.25) is 0 Å². The SMILES string of the molecule is CCC1(O)CN(C(=O)C(C)C)CC(O)(CC)N=N1. The topological polar surface area (TPSA) is 85.5 Å². The van der Waals surface area contributed by atoms with Crippen molar-refractivity contribution >= 4 is 5.91 Å². The lowest BCUT2D eigenvalue weighted by atomic mass is 10.1. The highest BCUT2D eigenvalue weighted by molar-refractivity contribution is 5.78. The van der Waals surface area contributed by atoms with Crippen LogP contribution in [0, 0.1) is 5.92 Å².